The highest BCUT2D eigenvalue weighted by molar-refractivity contribution is 5.89. The zero-order valence-electron chi connectivity index (χ0n) is 13.0. The molecule has 0 aliphatic rings. The van der Waals surface area contributed by atoms with Gasteiger partial charge in [0.15, 0.2) is 0 Å². The summed E-state index contributed by atoms with van der Waals surface area (Å²) in [5.74, 6) is -0.393. The summed E-state index contributed by atoms with van der Waals surface area (Å²) in [5.41, 5.74) is 9.87. The molecule has 2 aromatic rings. The highest BCUT2D eigenvalue weighted by Gasteiger charge is 2.33. The van der Waals surface area contributed by atoms with Crippen molar-refractivity contribution in [1.82, 2.24) is 0 Å². The van der Waals surface area contributed by atoms with Crippen LogP contribution in [-0.2, 0) is 10.3 Å². The standard InChI is InChI=1S/C18H22N2O/c1-12-9-13(2)11-15(10-12)18(4,17(19)21)20-16-8-6-5-7-14(16)3/h5-11,20H,1-4H3,(H2,19,21). The van der Waals surface area contributed by atoms with E-state index >= 15 is 0 Å². The van der Waals surface area contributed by atoms with Crippen LogP contribution in [0.4, 0.5) is 5.69 Å². The van der Waals surface area contributed by atoms with Crippen LogP contribution in [0.1, 0.15) is 29.2 Å². The number of primary amides is 1. The number of carbonyl (C=O) groups is 1. The number of rotatable bonds is 4. The van der Waals surface area contributed by atoms with Crippen molar-refractivity contribution in [1.29, 1.82) is 0 Å². The molecule has 1 amide bonds. The van der Waals surface area contributed by atoms with E-state index < -0.39 is 11.4 Å². The van der Waals surface area contributed by atoms with Gasteiger partial charge >= 0.3 is 0 Å². The fourth-order valence-electron chi connectivity index (χ4n) is 2.52. The zero-order valence-corrected chi connectivity index (χ0v) is 13.0. The second-order valence-corrected chi connectivity index (χ2v) is 5.81. The Morgan fingerprint density at radius 3 is 2.14 bits per heavy atom. The SMILES string of the molecule is Cc1cc(C)cc(C(C)(Nc2ccccc2C)C(N)=O)c1. The number of anilines is 1. The average molecular weight is 282 g/mol. The van der Waals surface area contributed by atoms with Crippen LogP contribution >= 0.6 is 0 Å². The molecule has 0 saturated carbocycles. The number of hydrogen-bond donors (Lipinski definition) is 2. The molecule has 2 rings (SSSR count). The van der Waals surface area contributed by atoms with E-state index in [2.05, 4.69) is 11.4 Å². The van der Waals surface area contributed by atoms with Gasteiger partial charge in [-0.05, 0) is 44.9 Å². The van der Waals surface area contributed by atoms with Crippen LogP contribution in [0.3, 0.4) is 0 Å². The first kappa shape index (κ1) is 15.1. The molecular formula is C18H22N2O. The molecule has 0 aliphatic heterocycles. The molecule has 0 radical (unpaired) electrons. The third-order valence-corrected chi connectivity index (χ3v) is 3.82. The minimum absolute atomic E-state index is 0.393. The summed E-state index contributed by atoms with van der Waals surface area (Å²) in [5, 5.41) is 3.32. The van der Waals surface area contributed by atoms with E-state index in [9.17, 15) is 4.79 Å². The Morgan fingerprint density at radius 1 is 1.05 bits per heavy atom. The van der Waals surface area contributed by atoms with Gasteiger partial charge in [0, 0.05) is 5.69 Å². The van der Waals surface area contributed by atoms with Crippen LogP contribution in [0.15, 0.2) is 42.5 Å². The molecule has 0 saturated heterocycles. The minimum Gasteiger partial charge on any atom is -0.368 e. The maximum Gasteiger partial charge on any atom is 0.247 e. The van der Waals surface area contributed by atoms with Crippen LogP contribution in [0, 0.1) is 20.8 Å². The highest BCUT2D eigenvalue weighted by atomic mass is 16.1. The van der Waals surface area contributed by atoms with Crippen molar-refractivity contribution in [2.45, 2.75) is 33.2 Å². The molecule has 2 aromatic carbocycles. The number of benzene rings is 2. The van der Waals surface area contributed by atoms with E-state index in [1.807, 2.05) is 64.1 Å². The van der Waals surface area contributed by atoms with Crippen LogP contribution in [0.25, 0.3) is 0 Å². The topological polar surface area (TPSA) is 55.1 Å². The lowest BCUT2D eigenvalue weighted by Crippen LogP contribution is -2.45. The molecule has 0 spiro atoms. The molecule has 1 atom stereocenters. The first-order valence-electron chi connectivity index (χ1n) is 7.05. The number of nitrogens with two attached hydrogens (primary N) is 1. The van der Waals surface area contributed by atoms with Crippen molar-refractivity contribution in [3.63, 3.8) is 0 Å². The van der Waals surface area contributed by atoms with Gasteiger partial charge in [-0.25, -0.2) is 0 Å². The van der Waals surface area contributed by atoms with Gasteiger partial charge in [-0.3, -0.25) is 4.79 Å². The monoisotopic (exact) mass is 282 g/mol. The summed E-state index contributed by atoms with van der Waals surface area (Å²) in [6, 6.07) is 14.0. The molecule has 1 unspecified atom stereocenters. The maximum atomic E-state index is 12.1. The van der Waals surface area contributed by atoms with Gasteiger partial charge in [-0.15, -0.1) is 0 Å². The molecule has 110 valence electrons. The summed E-state index contributed by atoms with van der Waals surface area (Å²) >= 11 is 0. The van der Waals surface area contributed by atoms with E-state index in [-0.39, 0.29) is 0 Å². The fraction of sp³-hybridized carbons (Fsp3) is 0.278. The Kier molecular flexibility index (Phi) is 4.03. The van der Waals surface area contributed by atoms with Crippen molar-refractivity contribution < 1.29 is 4.79 Å². The number of nitrogens with one attached hydrogen (secondary N) is 1. The minimum atomic E-state index is -0.942. The Bertz CT molecular complexity index is 658. The lowest BCUT2D eigenvalue weighted by molar-refractivity contribution is -0.122. The summed E-state index contributed by atoms with van der Waals surface area (Å²) in [6.07, 6.45) is 0. The zero-order chi connectivity index (χ0) is 15.6. The van der Waals surface area contributed by atoms with Crippen molar-refractivity contribution in [3.05, 3.63) is 64.7 Å². The summed E-state index contributed by atoms with van der Waals surface area (Å²) in [7, 11) is 0. The van der Waals surface area contributed by atoms with Crippen molar-refractivity contribution in [2.24, 2.45) is 5.73 Å². The number of carbonyl (C=O) groups excluding carboxylic acids is 1. The molecule has 3 nitrogen and oxygen atoms in total. The third-order valence-electron chi connectivity index (χ3n) is 3.82. The number of amides is 1. The first-order valence-corrected chi connectivity index (χ1v) is 7.05. The Balaban J connectivity index is 2.50. The largest absolute Gasteiger partial charge is 0.368 e. The lowest BCUT2D eigenvalue weighted by atomic mass is 9.88. The molecular weight excluding hydrogens is 260 g/mol. The second kappa shape index (κ2) is 5.60. The summed E-state index contributed by atoms with van der Waals surface area (Å²) in [4.78, 5) is 12.1. The lowest BCUT2D eigenvalue weighted by Gasteiger charge is -2.30. The van der Waals surface area contributed by atoms with Gasteiger partial charge < -0.3 is 11.1 Å². The number of hydrogen-bond acceptors (Lipinski definition) is 2. The van der Waals surface area contributed by atoms with E-state index in [0.717, 1.165) is 27.9 Å². The van der Waals surface area contributed by atoms with Gasteiger partial charge in [0.05, 0.1) is 0 Å². The Labute approximate surface area is 126 Å². The van der Waals surface area contributed by atoms with Crippen molar-refractivity contribution >= 4 is 11.6 Å². The molecule has 0 heterocycles. The highest BCUT2D eigenvalue weighted by Crippen LogP contribution is 2.29. The third kappa shape index (κ3) is 3.07. The van der Waals surface area contributed by atoms with Crippen molar-refractivity contribution in [3.8, 4) is 0 Å². The second-order valence-electron chi connectivity index (χ2n) is 5.81. The van der Waals surface area contributed by atoms with Gasteiger partial charge in [0.25, 0.3) is 0 Å². The van der Waals surface area contributed by atoms with Crippen molar-refractivity contribution in [2.75, 3.05) is 5.32 Å². The van der Waals surface area contributed by atoms with E-state index in [1.54, 1.807) is 0 Å². The van der Waals surface area contributed by atoms with E-state index in [4.69, 9.17) is 5.73 Å². The molecule has 0 fully saturated rings. The molecule has 21 heavy (non-hydrogen) atoms. The molecule has 3 heteroatoms. The van der Waals surface area contributed by atoms with Crippen LogP contribution in [0.2, 0.25) is 0 Å². The fourth-order valence-corrected chi connectivity index (χ4v) is 2.52. The predicted molar refractivity (Wildman–Crippen MR) is 87.3 cm³/mol. The normalized spacial score (nSPS) is 13.5. The molecule has 3 N–H and O–H groups in total. The van der Waals surface area contributed by atoms with E-state index in [0.29, 0.717) is 0 Å². The van der Waals surface area contributed by atoms with Crippen LogP contribution in [0.5, 0.6) is 0 Å². The van der Waals surface area contributed by atoms with Gasteiger partial charge in [-0.2, -0.15) is 0 Å². The Hall–Kier alpha value is -2.29. The van der Waals surface area contributed by atoms with Crippen LogP contribution in [-0.4, -0.2) is 5.91 Å². The van der Waals surface area contributed by atoms with Gasteiger partial charge in [0.1, 0.15) is 5.54 Å². The molecule has 0 aromatic heterocycles. The molecule has 0 aliphatic carbocycles. The van der Waals surface area contributed by atoms with Crippen LogP contribution < -0.4 is 11.1 Å². The van der Waals surface area contributed by atoms with E-state index in [1.165, 1.54) is 0 Å². The summed E-state index contributed by atoms with van der Waals surface area (Å²) in [6.45, 7) is 7.87. The number of aryl methyl sites for hydroxylation is 3. The average Bonchev–Trinajstić information content (AvgIpc) is 2.40. The van der Waals surface area contributed by atoms with Gasteiger partial charge in [-0.1, -0.05) is 47.5 Å². The van der Waals surface area contributed by atoms with Gasteiger partial charge in [0.2, 0.25) is 5.91 Å². The Morgan fingerprint density at radius 2 is 1.62 bits per heavy atom. The quantitative estimate of drug-likeness (QED) is 0.902. The molecule has 0 bridgehead atoms. The summed E-state index contributed by atoms with van der Waals surface area (Å²) < 4.78 is 0. The smallest absolute Gasteiger partial charge is 0.247 e. The number of para-hydroxylation sites is 1. The first-order chi connectivity index (χ1) is 9.83. The maximum absolute atomic E-state index is 12.1. The predicted octanol–water partition coefficient (Wildman–Crippen LogP) is 3.42.